The van der Waals surface area contributed by atoms with Crippen LogP contribution in [0, 0.1) is 0 Å². The summed E-state index contributed by atoms with van der Waals surface area (Å²) >= 11 is 1.10. The minimum atomic E-state index is -0.343. The van der Waals surface area contributed by atoms with Crippen molar-refractivity contribution in [3.8, 4) is 29.0 Å². The van der Waals surface area contributed by atoms with E-state index >= 15 is 0 Å². The van der Waals surface area contributed by atoms with Crippen LogP contribution in [0.5, 0.6) is 17.5 Å². The topological polar surface area (TPSA) is 121 Å². The largest absolute Gasteiger partial charge is 0.497 e. The van der Waals surface area contributed by atoms with Gasteiger partial charge in [0.25, 0.3) is 5.22 Å². The molecule has 146 valence electrons. The Kier molecular flexibility index (Phi) is 6.27. The molecule has 0 aliphatic heterocycles. The lowest BCUT2D eigenvalue weighted by Gasteiger charge is -2.06. The van der Waals surface area contributed by atoms with Crippen LogP contribution in [0.2, 0.25) is 0 Å². The molecule has 1 aromatic carbocycles. The van der Waals surface area contributed by atoms with Gasteiger partial charge in [0.05, 0.1) is 33.1 Å². The number of thioether (sulfide) groups is 1. The third kappa shape index (κ3) is 4.88. The van der Waals surface area contributed by atoms with E-state index < -0.39 is 0 Å². The summed E-state index contributed by atoms with van der Waals surface area (Å²) in [4.78, 5) is 20.2. The van der Waals surface area contributed by atoms with Gasteiger partial charge in [-0.2, -0.15) is 9.97 Å². The van der Waals surface area contributed by atoms with Crippen LogP contribution in [-0.4, -0.2) is 53.2 Å². The average molecular weight is 403 g/mol. The van der Waals surface area contributed by atoms with Gasteiger partial charge in [-0.25, -0.2) is 0 Å². The first-order valence-corrected chi connectivity index (χ1v) is 8.97. The predicted octanol–water partition coefficient (Wildman–Crippen LogP) is 2.28. The van der Waals surface area contributed by atoms with E-state index in [4.69, 9.17) is 18.6 Å². The van der Waals surface area contributed by atoms with E-state index in [1.165, 1.54) is 20.3 Å². The van der Waals surface area contributed by atoms with Crippen LogP contribution in [0.25, 0.3) is 11.5 Å². The van der Waals surface area contributed by atoms with Crippen molar-refractivity contribution in [2.24, 2.45) is 0 Å². The third-order valence-electron chi connectivity index (χ3n) is 3.42. The van der Waals surface area contributed by atoms with Crippen LogP contribution < -0.4 is 19.5 Å². The van der Waals surface area contributed by atoms with Gasteiger partial charge < -0.3 is 18.6 Å². The van der Waals surface area contributed by atoms with Gasteiger partial charge in [0.15, 0.2) is 0 Å². The Labute approximate surface area is 164 Å². The summed E-state index contributed by atoms with van der Waals surface area (Å²) in [5, 5.41) is 10.7. The van der Waals surface area contributed by atoms with Gasteiger partial charge in [-0.1, -0.05) is 11.8 Å². The highest BCUT2D eigenvalue weighted by Gasteiger charge is 2.13. The van der Waals surface area contributed by atoms with Crippen LogP contribution >= 0.6 is 11.8 Å². The molecule has 3 aromatic rings. The summed E-state index contributed by atoms with van der Waals surface area (Å²) < 4.78 is 20.8. The summed E-state index contributed by atoms with van der Waals surface area (Å²) in [6, 6.07) is 8.70. The maximum atomic E-state index is 12.1. The molecule has 0 bridgehead atoms. The van der Waals surface area contributed by atoms with Crippen molar-refractivity contribution in [3.63, 3.8) is 0 Å². The first kappa shape index (κ1) is 19.4. The molecule has 1 N–H and O–H groups in total. The van der Waals surface area contributed by atoms with Crippen molar-refractivity contribution < 1.29 is 23.4 Å². The second-order valence-corrected chi connectivity index (χ2v) is 6.14. The second-order valence-electron chi connectivity index (χ2n) is 5.21. The number of aromatic nitrogens is 4. The molecule has 0 saturated heterocycles. The Morgan fingerprint density at radius 2 is 1.71 bits per heavy atom. The van der Waals surface area contributed by atoms with Gasteiger partial charge in [0.1, 0.15) is 5.75 Å². The minimum absolute atomic E-state index is 0.0349. The number of ether oxygens (including phenoxy) is 3. The van der Waals surface area contributed by atoms with Crippen molar-refractivity contribution in [3.05, 3.63) is 30.3 Å². The van der Waals surface area contributed by atoms with Crippen LogP contribution in [0.3, 0.4) is 0 Å². The van der Waals surface area contributed by atoms with E-state index in [-0.39, 0.29) is 34.6 Å². The molecule has 0 unspecified atom stereocenters. The number of amides is 1. The molecule has 3 rings (SSSR count). The molecule has 0 spiro atoms. The predicted molar refractivity (Wildman–Crippen MR) is 101 cm³/mol. The fourth-order valence-electron chi connectivity index (χ4n) is 2.08. The van der Waals surface area contributed by atoms with Crippen LogP contribution in [0.4, 0.5) is 5.95 Å². The number of carbonyl (C=O) groups is 1. The smallest absolute Gasteiger partial charge is 0.277 e. The summed E-state index contributed by atoms with van der Waals surface area (Å²) in [6.45, 7) is 0. The number of hydrogen-bond donors (Lipinski definition) is 1. The molecular weight excluding hydrogens is 386 g/mol. The van der Waals surface area contributed by atoms with Crippen molar-refractivity contribution in [2.45, 2.75) is 5.22 Å². The minimum Gasteiger partial charge on any atom is -0.497 e. The summed E-state index contributed by atoms with van der Waals surface area (Å²) in [7, 11) is 4.51. The monoisotopic (exact) mass is 403 g/mol. The van der Waals surface area contributed by atoms with E-state index in [1.807, 2.05) is 0 Å². The number of rotatable bonds is 8. The van der Waals surface area contributed by atoms with Crippen molar-refractivity contribution >= 4 is 23.6 Å². The lowest BCUT2D eigenvalue weighted by molar-refractivity contribution is -0.113. The molecule has 10 nitrogen and oxygen atoms in total. The van der Waals surface area contributed by atoms with Gasteiger partial charge in [0.2, 0.25) is 29.5 Å². The molecule has 0 aliphatic carbocycles. The number of carbonyl (C=O) groups excluding carboxylic acids is 1. The van der Waals surface area contributed by atoms with Crippen LogP contribution in [0.1, 0.15) is 0 Å². The average Bonchev–Trinajstić information content (AvgIpc) is 3.21. The fourth-order valence-corrected chi connectivity index (χ4v) is 2.64. The highest BCUT2D eigenvalue weighted by atomic mass is 32.2. The van der Waals surface area contributed by atoms with Gasteiger partial charge in [0, 0.05) is 5.56 Å². The van der Waals surface area contributed by atoms with E-state index in [0.29, 0.717) is 5.89 Å². The molecule has 0 atom stereocenters. The first-order chi connectivity index (χ1) is 13.6. The highest BCUT2D eigenvalue weighted by Crippen LogP contribution is 2.25. The molecule has 0 aliphatic rings. The lowest BCUT2D eigenvalue weighted by atomic mass is 10.2. The van der Waals surface area contributed by atoms with Crippen LogP contribution in [-0.2, 0) is 4.79 Å². The van der Waals surface area contributed by atoms with Crippen molar-refractivity contribution in [1.82, 2.24) is 20.2 Å². The molecular formula is C17H17N5O5S. The second kappa shape index (κ2) is 9.04. The Morgan fingerprint density at radius 3 is 2.32 bits per heavy atom. The zero-order valence-corrected chi connectivity index (χ0v) is 16.1. The number of methoxy groups -OCH3 is 3. The highest BCUT2D eigenvalue weighted by molar-refractivity contribution is 7.99. The molecule has 0 saturated carbocycles. The maximum Gasteiger partial charge on any atom is 0.277 e. The first-order valence-electron chi connectivity index (χ1n) is 7.99. The maximum absolute atomic E-state index is 12.1. The van der Waals surface area contributed by atoms with Gasteiger partial charge >= 0.3 is 0 Å². The normalized spacial score (nSPS) is 10.4. The quantitative estimate of drug-likeness (QED) is 0.561. The zero-order chi connectivity index (χ0) is 19.9. The molecule has 1 amide bonds. The Hall–Kier alpha value is -3.34. The van der Waals surface area contributed by atoms with E-state index in [9.17, 15) is 4.79 Å². The summed E-state index contributed by atoms with van der Waals surface area (Å²) in [5.41, 5.74) is 0.751. The molecule has 28 heavy (non-hydrogen) atoms. The summed E-state index contributed by atoms with van der Waals surface area (Å²) in [6.07, 6.45) is 0. The van der Waals surface area contributed by atoms with E-state index in [0.717, 1.165) is 23.1 Å². The Balaban J connectivity index is 1.58. The molecule has 2 aromatic heterocycles. The molecule has 0 radical (unpaired) electrons. The summed E-state index contributed by atoms with van der Waals surface area (Å²) in [5.74, 6) is 1.40. The standard InChI is InChI=1S/C17H17N5O5S/c1-24-11-6-4-10(5-7-11)15-21-22-17(27-15)28-9-12(23)18-16-19-13(25-2)8-14(20-16)26-3/h4-8H,9H2,1-3H3,(H,18,19,20,23). The Morgan fingerprint density at radius 1 is 1.04 bits per heavy atom. The fraction of sp³-hybridized carbons (Fsp3) is 0.235. The number of nitrogens with one attached hydrogen (secondary N) is 1. The van der Waals surface area contributed by atoms with Crippen molar-refractivity contribution in [1.29, 1.82) is 0 Å². The number of benzene rings is 1. The lowest BCUT2D eigenvalue weighted by Crippen LogP contribution is -2.16. The van der Waals surface area contributed by atoms with Gasteiger partial charge in [-0.15, -0.1) is 10.2 Å². The third-order valence-corrected chi connectivity index (χ3v) is 4.24. The van der Waals surface area contributed by atoms with Crippen molar-refractivity contribution in [2.75, 3.05) is 32.4 Å². The zero-order valence-electron chi connectivity index (χ0n) is 15.3. The molecule has 2 heterocycles. The number of hydrogen-bond acceptors (Lipinski definition) is 10. The van der Waals surface area contributed by atoms with Crippen LogP contribution in [0.15, 0.2) is 40.0 Å². The van der Waals surface area contributed by atoms with Gasteiger partial charge in [-0.05, 0) is 24.3 Å². The Bertz CT molecular complexity index is 925. The molecule has 0 fully saturated rings. The molecule has 11 heteroatoms. The number of nitrogens with zero attached hydrogens (tertiary/aromatic N) is 4. The van der Waals surface area contributed by atoms with E-state index in [2.05, 4.69) is 25.5 Å². The SMILES string of the molecule is COc1ccc(-c2nnc(SCC(=O)Nc3nc(OC)cc(OC)n3)o2)cc1. The number of anilines is 1. The van der Waals surface area contributed by atoms with Gasteiger partial charge in [-0.3, -0.25) is 10.1 Å². The van der Waals surface area contributed by atoms with E-state index in [1.54, 1.807) is 31.4 Å².